The smallest absolute Gasteiger partial charge is 0.225 e. The van der Waals surface area contributed by atoms with Crippen molar-refractivity contribution in [3.05, 3.63) is 12.3 Å². The van der Waals surface area contributed by atoms with Crippen molar-refractivity contribution >= 4 is 5.95 Å². The van der Waals surface area contributed by atoms with E-state index in [2.05, 4.69) is 22.2 Å². The molecule has 1 saturated carbocycles. The van der Waals surface area contributed by atoms with Gasteiger partial charge in [-0.2, -0.15) is 4.98 Å². The molecule has 2 unspecified atom stereocenters. The molecule has 5 nitrogen and oxygen atoms in total. The van der Waals surface area contributed by atoms with Crippen LogP contribution >= 0.6 is 0 Å². The van der Waals surface area contributed by atoms with E-state index in [-0.39, 0.29) is 0 Å². The van der Waals surface area contributed by atoms with Crippen molar-refractivity contribution in [2.75, 3.05) is 25.0 Å². The molecule has 0 aliphatic heterocycles. The summed E-state index contributed by atoms with van der Waals surface area (Å²) in [5.41, 5.74) is 5.79. The molecule has 1 aliphatic rings. The third-order valence-corrected chi connectivity index (χ3v) is 3.73. The van der Waals surface area contributed by atoms with Crippen LogP contribution in [0.15, 0.2) is 12.3 Å². The Morgan fingerprint density at radius 1 is 1.42 bits per heavy atom. The molecule has 2 atom stereocenters. The minimum absolute atomic E-state index is 0.640. The molecule has 1 aromatic heterocycles. The predicted molar refractivity (Wildman–Crippen MR) is 76.2 cm³/mol. The van der Waals surface area contributed by atoms with Crippen LogP contribution in [0.1, 0.15) is 32.6 Å². The highest BCUT2D eigenvalue weighted by atomic mass is 16.5. The highest BCUT2D eigenvalue weighted by molar-refractivity contribution is 5.27. The lowest BCUT2D eigenvalue weighted by Gasteiger charge is -2.18. The van der Waals surface area contributed by atoms with E-state index < -0.39 is 0 Å². The van der Waals surface area contributed by atoms with Gasteiger partial charge in [0.05, 0.1) is 6.61 Å². The number of anilines is 1. The number of hydrogen-bond donors (Lipinski definition) is 2. The van der Waals surface area contributed by atoms with E-state index in [1.54, 1.807) is 12.3 Å². The summed E-state index contributed by atoms with van der Waals surface area (Å²) in [5.74, 6) is 2.58. The van der Waals surface area contributed by atoms with E-state index in [9.17, 15) is 0 Å². The average Bonchev–Trinajstić information content (AvgIpc) is 2.91. The van der Waals surface area contributed by atoms with Gasteiger partial charge in [0.2, 0.25) is 11.8 Å². The molecule has 1 fully saturated rings. The van der Waals surface area contributed by atoms with E-state index in [0.717, 1.165) is 19.5 Å². The lowest BCUT2D eigenvalue weighted by molar-refractivity contribution is 0.305. The molecule has 1 aromatic rings. The van der Waals surface area contributed by atoms with Gasteiger partial charge >= 0.3 is 0 Å². The van der Waals surface area contributed by atoms with Crippen molar-refractivity contribution in [3.8, 4) is 5.88 Å². The second-order valence-electron chi connectivity index (χ2n) is 5.13. The van der Waals surface area contributed by atoms with E-state index in [0.29, 0.717) is 30.3 Å². The quantitative estimate of drug-likeness (QED) is 0.788. The zero-order valence-electron chi connectivity index (χ0n) is 11.6. The molecule has 1 heterocycles. The van der Waals surface area contributed by atoms with Crippen LogP contribution in [-0.2, 0) is 0 Å². The molecule has 1 aliphatic carbocycles. The third kappa shape index (κ3) is 4.06. The normalized spacial score (nSPS) is 22.4. The van der Waals surface area contributed by atoms with E-state index in [1.807, 2.05) is 0 Å². The summed E-state index contributed by atoms with van der Waals surface area (Å²) in [6.07, 6.45) is 6.50. The Morgan fingerprint density at radius 2 is 2.26 bits per heavy atom. The second kappa shape index (κ2) is 7.28. The molecule has 106 valence electrons. The summed E-state index contributed by atoms with van der Waals surface area (Å²) in [7, 11) is 0. The van der Waals surface area contributed by atoms with Crippen LogP contribution in [-0.4, -0.2) is 29.7 Å². The Balaban J connectivity index is 1.85. The number of nitrogens with one attached hydrogen (secondary N) is 1. The zero-order chi connectivity index (χ0) is 13.5. The molecular weight excluding hydrogens is 240 g/mol. The predicted octanol–water partition coefficient (Wildman–Crippen LogP) is 2.05. The third-order valence-electron chi connectivity index (χ3n) is 3.73. The summed E-state index contributed by atoms with van der Waals surface area (Å²) in [6.45, 7) is 4.45. The first-order valence-electron chi connectivity index (χ1n) is 7.23. The Labute approximate surface area is 115 Å². The van der Waals surface area contributed by atoms with E-state index in [4.69, 9.17) is 10.5 Å². The lowest BCUT2D eigenvalue weighted by Crippen LogP contribution is -2.24. The Kier molecular flexibility index (Phi) is 5.39. The van der Waals surface area contributed by atoms with Crippen molar-refractivity contribution in [2.24, 2.45) is 17.6 Å². The number of rotatable bonds is 7. The average molecular weight is 264 g/mol. The molecule has 0 saturated heterocycles. The molecular formula is C14H24N4O. The van der Waals surface area contributed by atoms with Gasteiger partial charge in [-0.05, 0) is 37.6 Å². The lowest BCUT2D eigenvalue weighted by atomic mass is 9.96. The second-order valence-corrected chi connectivity index (χ2v) is 5.13. The summed E-state index contributed by atoms with van der Waals surface area (Å²) >= 11 is 0. The molecule has 0 bridgehead atoms. The van der Waals surface area contributed by atoms with Crippen LogP contribution in [0.25, 0.3) is 0 Å². The van der Waals surface area contributed by atoms with Crippen molar-refractivity contribution in [1.82, 2.24) is 9.97 Å². The fraction of sp³-hybridized carbons (Fsp3) is 0.714. The molecule has 0 aromatic carbocycles. The zero-order valence-corrected chi connectivity index (χ0v) is 11.6. The molecule has 0 radical (unpaired) electrons. The highest BCUT2D eigenvalue weighted by Gasteiger charge is 2.25. The SMILES string of the molecule is CCCOc1ccnc(NCC2CCCC2CN)n1. The minimum atomic E-state index is 0.640. The minimum Gasteiger partial charge on any atom is -0.478 e. The largest absolute Gasteiger partial charge is 0.478 e. The van der Waals surface area contributed by atoms with Gasteiger partial charge in [-0.25, -0.2) is 4.98 Å². The Morgan fingerprint density at radius 3 is 3.05 bits per heavy atom. The van der Waals surface area contributed by atoms with Gasteiger partial charge in [0.1, 0.15) is 0 Å². The van der Waals surface area contributed by atoms with Crippen LogP contribution in [0.4, 0.5) is 5.95 Å². The van der Waals surface area contributed by atoms with E-state index in [1.165, 1.54) is 19.3 Å². The summed E-state index contributed by atoms with van der Waals surface area (Å²) in [4.78, 5) is 8.57. The van der Waals surface area contributed by atoms with Crippen LogP contribution in [0, 0.1) is 11.8 Å². The summed E-state index contributed by atoms with van der Waals surface area (Å²) in [5, 5.41) is 3.31. The number of hydrogen-bond acceptors (Lipinski definition) is 5. The monoisotopic (exact) mass is 264 g/mol. The number of ether oxygens (including phenoxy) is 1. The number of nitrogens with zero attached hydrogens (tertiary/aromatic N) is 2. The van der Waals surface area contributed by atoms with Crippen molar-refractivity contribution in [3.63, 3.8) is 0 Å². The Hall–Kier alpha value is -1.36. The van der Waals surface area contributed by atoms with Crippen LogP contribution < -0.4 is 15.8 Å². The van der Waals surface area contributed by atoms with Crippen molar-refractivity contribution in [1.29, 1.82) is 0 Å². The van der Waals surface area contributed by atoms with Crippen LogP contribution in [0.2, 0.25) is 0 Å². The van der Waals surface area contributed by atoms with Gasteiger partial charge in [0.15, 0.2) is 0 Å². The van der Waals surface area contributed by atoms with Gasteiger partial charge in [-0.15, -0.1) is 0 Å². The molecule has 3 N–H and O–H groups in total. The molecule has 2 rings (SSSR count). The van der Waals surface area contributed by atoms with Gasteiger partial charge in [-0.1, -0.05) is 13.3 Å². The molecule has 0 amide bonds. The first-order chi connectivity index (χ1) is 9.33. The fourth-order valence-corrected chi connectivity index (χ4v) is 2.63. The van der Waals surface area contributed by atoms with Gasteiger partial charge < -0.3 is 15.8 Å². The summed E-state index contributed by atoms with van der Waals surface area (Å²) in [6, 6.07) is 1.79. The number of nitrogens with two attached hydrogens (primary N) is 1. The maximum Gasteiger partial charge on any atom is 0.225 e. The topological polar surface area (TPSA) is 73.1 Å². The highest BCUT2D eigenvalue weighted by Crippen LogP contribution is 2.30. The first kappa shape index (κ1) is 14.1. The maximum absolute atomic E-state index is 5.79. The van der Waals surface area contributed by atoms with E-state index >= 15 is 0 Å². The Bertz CT molecular complexity index is 385. The van der Waals surface area contributed by atoms with Crippen LogP contribution in [0.3, 0.4) is 0 Å². The molecule has 19 heavy (non-hydrogen) atoms. The van der Waals surface area contributed by atoms with Gasteiger partial charge in [0.25, 0.3) is 0 Å². The molecule has 5 heteroatoms. The maximum atomic E-state index is 5.79. The standard InChI is InChI=1S/C14H24N4O/c1-2-8-19-13-6-7-16-14(18-13)17-10-12-5-3-4-11(12)9-15/h6-7,11-12H,2-5,8-10,15H2,1H3,(H,16,17,18). The van der Waals surface area contributed by atoms with Crippen LogP contribution in [0.5, 0.6) is 5.88 Å². The molecule has 0 spiro atoms. The fourth-order valence-electron chi connectivity index (χ4n) is 2.63. The van der Waals surface area contributed by atoms with Crippen molar-refractivity contribution in [2.45, 2.75) is 32.6 Å². The van der Waals surface area contributed by atoms with Crippen molar-refractivity contribution < 1.29 is 4.74 Å². The van der Waals surface area contributed by atoms with Gasteiger partial charge in [-0.3, -0.25) is 0 Å². The number of aromatic nitrogens is 2. The summed E-state index contributed by atoms with van der Waals surface area (Å²) < 4.78 is 5.50. The first-order valence-corrected chi connectivity index (χ1v) is 7.23. The van der Waals surface area contributed by atoms with Gasteiger partial charge in [0, 0.05) is 18.8 Å².